The first-order valence-electron chi connectivity index (χ1n) is 5.92. The molecule has 104 valence electrons. The monoisotopic (exact) mass is 327 g/mol. The Bertz CT molecular complexity index is 506. The molecule has 4 nitrogen and oxygen atoms in total. The summed E-state index contributed by atoms with van der Waals surface area (Å²) >= 11 is 3.32. The van der Waals surface area contributed by atoms with Gasteiger partial charge in [0, 0.05) is 4.47 Å². The summed E-state index contributed by atoms with van der Waals surface area (Å²) in [7, 11) is 0. The maximum atomic E-state index is 12.1. The van der Waals surface area contributed by atoms with Crippen LogP contribution in [0.3, 0.4) is 0 Å². The molecule has 0 radical (unpaired) electrons. The molecule has 0 bridgehead atoms. The second-order valence-electron chi connectivity index (χ2n) is 5.59. The van der Waals surface area contributed by atoms with Gasteiger partial charge in [-0.2, -0.15) is 0 Å². The highest BCUT2D eigenvalue weighted by Gasteiger charge is 2.33. The largest absolute Gasteiger partial charge is 0.480 e. The van der Waals surface area contributed by atoms with E-state index < -0.39 is 23.3 Å². The minimum Gasteiger partial charge on any atom is -0.480 e. The molecule has 0 spiro atoms. The molecule has 0 aliphatic heterocycles. The fourth-order valence-corrected chi connectivity index (χ4v) is 2.34. The summed E-state index contributed by atoms with van der Waals surface area (Å²) in [6, 6.07) is 4.37. The topological polar surface area (TPSA) is 66.4 Å². The summed E-state index contributed by atoms with van der Waals surface area (Å²) in [6.45, 7) is 7.24. The molecule has 1 aromatic rings. The van der Waals surface area contributed by atoms with Crippen molar-refractivity contribution in [2.24, 2.45) is 5.41 Å². The van der Waals surface area contributed by atoms with Gasteiger partial charge in [0.2, 0.25) is 0 Å². The van der Waals surface area contributed by atoms with E-state index in [-0.39, 0.29) is 0 Å². The summed E-state index contributed by atoms with van der Waals surface area (Å²) in [5.74, 6) is -1.43. The van der Waals surface area contributed by atoms with Gasteiger partial charge in [0.1, 0.15) is 6.04 Å². The van der Waals surface area contributed by atoms with Crippen LogP contribution in [0.4, 0.5) is 0 Å². The van der Waals surface area contributed by atoms with E-state index in [0.29, 0.717) is 10.0 Å². The Kier molecular flexibility index (Phi) is 4.74. The Morgan fingerprint density at radius 1 is 1.32 bits per heavy atom. The van der Waals surface area contributed by atoms with E-state index in [9.17, 15) is 14.7 Å². The number of carbonyl (C=O) groups is 2. The molecule has 1 rings (SSSR count). The second kappa shape index (κ2) is 5.74. The van der Waals surface area contributed by atoms with Crippen molar-refractivity contribution in [2.75, 3.05) is 0 Å². The number of nitrogens with one attached hydrogen (secondary N) is 1. The molecule has 0 fully saturated rings. The van der Waals surface area contributed by atoms with Crippen LogP contribution in [0, 0.1) is 12.3 Å². The van der Waals surface area contributed by atoms with Crippen molar-refractivity contribution in [1.29, 1.82) is 0 Å². The fraction of sp³-hybridized carbons (Fsp3) is 0.429. The smallest absolute Gasteiger partial charge is 0.326 e. The Balaban J connectivity index is 2.98. The summed E-state index contributed by atoms with van der Waals surface area (Å²) in [6.07, 6.45) is 0. The lowest BCUT2D eigenvalue weighted by Gasteiger charge is -2.27. The first-order chi connectivity index (χ1) is 8.62. The molecular formula is C14H18BrNO3. The highest BCUT2D eigenvalue weighted by atomic mass is 79.9. The molecule has 0 saturated heterocycles. The molecule has 0 heterocycles. The Labute approximate surface area is 121 Å². The zero-order chi connectivity index (χ0) is 14.8. The third-order valence-electron chi connectivity index (χ3n) is 2.76. The highest BCUT2D eigenvalue weighted by Crippen LogP contribution is 2.22. The van der Waals surface area contributed by atoms with Gasteiger partial charge in [-0.1, -0.05) is 26.8 Å². The van der Waals surface area contributed by atoms with Crippen LogP contribution in [-0.2, 0) is 4.79 Å². The number of rotatable bonds is 3. The van der Waals surface area contributed by atoms with E-state index >= 15 is 0 Å². The van der Waals surface area contributed by atoms with Crippen LogP contribution in [0.15, 0.2) is 22.7 Å². The number of aliphatic carboxylic acids is 1. The van der Waals surface area contributed by atoms with E-state index in [4.69, 9.17) is 0 Å². The van der Waals surface area contributed by atoms with Crippen molar-refractivity contribution in [2.45, 2.75) is 33.7 Å². The number of hydrogen-bond donors (Lipinski definition) is 2. The molecule has 1 aromatic carbocycles. The normalized spacial score (nSPS) is 12.9. The lowest BCUT2D eigenvalue weighted by Crippen LogP contribution is -2.49. The SMILES string of the molecule is Cc1ccc(C(=O)N[C@@H](C(=O)O)C(C)(C)C)c(Br)c1. The molecule has 0 saturated carbocycles. The summed E-state index contributed by atoms with van der Waals surface area (Å²) in [5, 5.41) is 11.8. The average molecular weight is 328 g/mol. The maximum absolute atomic E-state index is 12.1. The van der Waals surface area contributed by atoms with Crippen LogP contribution in [-0.4, -0.2) is 23.0 Å². The number of benzene rings is 1. The zero-order valence-corrected chi connectivity index (χ0v) is 13.0. The van der Waals surface area contributed by atoms with Crippen LogP contribution in [0.5, 0.6) is 0 Å². The minimum atomic E-state index is -1.04. The first-order valence-corrected chi connectivity index (χ1v) is 6.72. The molecule has 2 N–H and O–H groups in total. The lowest BCUT2D eigenvalue weighted by molar-refractivity contribution is -0.142. The molecular weight excluding hydrogens is 310 g/mol. The van der Waals surface area contributed by atoms with Gasteiger partial charge in [-0.3, -0.25) is 4.79 Å². The molecule has 0 aliphatic rings. The summed E-state index contributed by atoms with van der Waals surface area (Å²) < 4.78 is 0.656. The third kappa shape index (κ3) is 4.06. The summed E-state index contributed by atoms with van der Waals surface area (Å²) in [5.41, 5.74) is 0.897. The number of carbonyl (C=O) groups excluding carboxylic acids is 1. The summed E-state index contributed by atoms with van der Waals surface area (Å²) in [4.78, 5) is 23.4. The molecule has 0 unspecified atom stereocenters. The van der Waals surface area contributed by atoms with Crippen molar-refractivity contribution >= 4 is 27.8 Å². The number of hydrogen-bond acceptors (Lipinski definition) is 2. The fourth-order valence-electron chi connectivity index (χ4n) is 1.66. The molecule has 5 heteroatoms. The van der Waals surface area contributed by atoms with E-state index in [1.54, 1.807) is 26.8 Å². The van der Waals surface area contributed by atoms with Crippen molar-refractivity contribution in [3.05, 3.63) is 33.8 Å². The maximum Gasteiger partial charge on any atom is 0.326 e. The Hall–Kier alpha value is -1.36. The quantitative estimate of drug-likeness (QED) is 0.896. The number of carboxylic acids is 1. The minimum absolute atomic E-state index is 0.394. The van der Waals surface area contributed by atoms with Gasteiger partial charge in [-0.25, -0.2) is 4.79 Å². The number of carboxylic acid groups (broad SMARTS) is 1. The average Bonchev–Trinajstić information content (AvgIpc) is 2.23. The number of aryl methyl sites for hydroxylation is 1. The van der Waals surface area contributed by atoms with E-state index in [2.05, 4.69) is 21.2 Å². The predicted molar refractivity (Wildman–Crippen MR) is 77.2 cm³/mol. The van der Waals surface area contributed by atoms with E-state index in [0.717, 1.165) is 5.56 Å². The molecule has 1 amide bonds. The van der Waals surface area contributed by atoms with Gasteiger partial charge >= 0.3 is 5.97 Å². The van der Waals surface area contributed by atoms with Crippen molar-refractivity contribution < 1.29 is 14.7 Å². The van der Waals surface area contributed by atoms with Crippen molar-refractivity contribution in [3.63, 3.8) is 0 Å². The zero-order valence-electron chi connectivity index (χ0n) is 11.5. The van der Waals surface area contributed by atoms with Gasteiger partial charge in [0.15, 0.2) is 0 Å². The van der Waals surface area contributed by atoms with Crippen LogP contribution < -0.4 is 5.32 Å². The van der Waals surface area contributed by atoms with Crippen LogP contribution >= 0.6 is 15.9 Å². The van der Waals surface area contributed by atoms with Gasteiger partial charge in [-0.15, -0.1) is 0 Å². The van der Waals surface area contributed by atoms with Crippen LogP contribution in [0.2, 0.25) is 0 Å². The number of halogens is 1. The predicted octanol–water partition coefficient (Wildman–Crippen LogP) is 2.99. The Morgan fingerprint density at radius 3 is 2.32 bits per heavy atom. The lowest BCUT2D eigenvalue weighted by atomic mass is 9.86. The highest BCUT2D eigenvalue weighted by molar-refractivity contribution is 9.10. The Morgan fingerprint density at radius 2 is 1.89 bits per heavy atom. The molecule has 1 atom stereocenters. The van der Waals surface area contributed by atoms with E-state index in [1.807, 2.05) is 19.1 Å². The van der Waals surface area contributed by atoms with Crippen LogP contribution in [0.1, 0.15) is 36.7 Å². The van der Waals surface area contributed by atoms with Crippen molar-refractivity contribution in [3.8, 4) is 0 Å². The van der Waals surface area contributed by atoms with Gasteiger partial charge in [0.05, 0.1) is 5.56 Å². The molecule has 0 aliphatic carbocycles. The van der Waals surface area contributed by atoms with E-state index in [1.165, 1.54) is 0 Å². The van der Waals surface area contributed by atoms with Gasteiger partial charge in [-0.05, 0) is 46.0 Å². The second-order valence-corrected chi connectivity index (χ2v) is 6.45. The standard InChI is InChI=1S/C14H18BrNO3/c1-8-5-6-9(10(15)7-8)12(17)16-11(13(18)19)14(2,3)4/h5-7,11H,1-4H3,(H,16,17)(H,18,19)/t11-/m0/s1. The third-order valence-corrected chi connectivity index (χ3v) is 3.41. The molecule has 0 aromatic heterocycles. The number of amides is 1. The molecule has 19 heavy (non-hydrogen) atoms. The first kappa shape index (κ1) is 15.7. The van der Waals surface area contributed by atoms with Crippen LogP contribution in [0.25, 0.3) is 0 Å². The van der Waals surface area contributed by atoms with Crippen molar-refractivity contribution in [1.82, 2.24) is 5.32 Å². The van der Waals surface area contributed by atoms with Gasteiger partial charge in [0.25, 0.3) is 5.91 Å². The van der Waals surface area contributed by atoms with Gasteiger partial charge < -0.3 is 10.4 Å².